The highest BCUT2D eigenvalue weighted by molar-refractivity contribution is 6.06. The van der Waals surface area contributed by atoms with Gasteiger partial charge in [-0.25, -0.2) is 9.67 Å². The van der Waals surface area contributed by atoms with E-state index in [9.17, 15) is 4.79 Å². The molecule has 9 nitrogen and oxygen atoms in total. The number of pyridine rings is 1. The van der Waals surface area contributed by atoms with E-state index in [-0.39, 0.29) is 11.9 Å². The first-order valence-electron chi connectivity index (χ1n) is 10.7. The molecule has 4 rings (SSSR count). The minimum atomic E-state index is -0.199. The number of rotatable bonds is 9. The molecule has 1 aliphatic heterocycles. The van der Waals surface area contributed by atoms with E-state index in [1.54, 1.807) is 19.4 Å². The molecule has 2 aromatic heterocycles. The van der Waals surface area contributed by atoms with Gasteiger partial charge in [0.25, 0.3) is 5.91 Å². The highest BCUT2D eigenvalue weighted by atomic mass is 16.6. The van der Waals surface area contributed by atoms with Crippen LogP contribution in [-0.2, 0) is 9.47 Å². The van der Waals surface area contributed by atoms with Gasteiger partial charge in [-0.1, -0.05) is 0 Å². The smallest absolute Gasteiger partial charge is 0.252 e. The molecule has 1 aromatic carbocycles. The number of nitrogens with one attached hydrogen (secondary N) is 1. The number of aromatic nitrogens is 3. The number of fused-ring (bicyclic) bond motifs is 2. The highest BCUT2D eigenvalue weighted by Crippen LogP contribution is 2.35. The molecule has 0 bridgehead atoms. The Bertz CT molecular complexity index is 1100. The molecule has 0 atom stereocenters. The minimum absolute atomic E-state index is 0.0978. The summed E-state index contributed by atoms with van der Waals surface area (Å²) >= 11 is 0. The van der Waals surface area contributed by atoms with E-state index in [1.165, 1.54) is 0 Å². The Morgan fingerprint density at radius 1 is 1.16 bits per heavy atom. The molecular weight excluding hydrogens is 412 g/mol. The molecule has 3 aromatic rings. The fourth-order valence-corrected chi connectivity index (χ4v) is 3.51. The quantitative estimate of drug-likeness (QED) is 0.511. The monoisotopic (exact) mass is 440 g/mol. The van der Waals surface area contributed by atoms with Crippen molar-refractivity contribution in [2.75, 3.05) is 46.7 Å². The first-order valence-corrected chi connectivity index (χ1v) is 10.7. The average Bonchev–Trinajstić information content (AvgIpc) is 3.24. The Kier molecular flexibility index (Phi) is 6.87. The lowest BCUT2D eigenvalue weighted by Crippen LogP contribution is -2.28. The number of hydrogen-bond donors (Lipinski definition) is 1. The predicted molar refractivity (Wildman–Crippen MR) is 119 cm³/mol. The molecule has 0 saturated carbocycles. The van der Waals surface area contributed by atoms with Gasteiger partial charge < -0.3 is 24.3 Å². The molecule has 0 aliphatic carbocycles. The second-order valence-corrected chi connectivity index (χ2v) is 7.69. The lowest BCUT2D eigenvalue weighted by molar-refractivity contribution is 0.0693. The maximum atomic E-state index is 13.0. The van der Waals surface area contributed by atoms with Crippen LogP contribution in [0.15, 0.2) is 30.5 Å². The Hall–Kier alpha value is -3.17. The van der Waals surface area contributed by atoms with Crippen molar-refractivity contribution in [1.29, 1.82) is 0 Å². The van der Waals surface area contributed by atoms with Crippen molar-refractivity contribution >= 4 is 16.9 Å². The second kappa shape index (κ2) is 9.97. The van der Waals surface area contributed by atoms with Gasteiger partial charge in [0.05, 0.1) is 42.7 Å². The van der Waals surface area contributed by atoms with Gasteiger partial charge in [-0.05, 0) is 38.1 Å². The van der Waals surface area contributed by atoms with Gasteiger partial charge in [-0.15, -0.1) is 0 Å². The summed E-state index contributed by atoms with van der Waals surface area (Å²) in [6.45, 7) is 6.90. The van der Waals surface area contributed by atoms with Gasteiger partial charge in [-0.2, -0.15) is 5.10 Å². The molecule has 0 fully saturated rings. The van der Waals surface area contributed by atoms with Crippen molar-refractivity contribution < 1.29 is 23.7 Å². The summed E-state index contributed by atoms with van der Waals surface area (Å²) < 4.78 is 23.5. The van der Waals surface area contributed by atoms with E-state index in [1.807, 2.05) is 36.7 Å². The summed E-state index contributed by atoms with van der Waals surface area (Å²) in [5.74, 6) is 1.18. The van der Waals surface area contributed by atoms with Crippen molar-refractivity contribution in [3.8, 4) is 22.8 Å². The predicted octanol–water partition coefficient (Wildman–Crippen LogP) is 2.84. The summed E-state index contributed by atoms with van der Waals surface area (Å²) in [5, 5.41) is 8.09. The van der Waals surface area contributed by atoms with Crippen LogP contribution in [0.2, 0.25) is 0 Å². The average molecular weight is 441 g/mol. The van der Waals surface area contributed by atoms with Crippen LogP contribution in [0.3, 0.4) is 0 Å². The van der Waals surface area contributed by atoms with E-state index in [4.69, 9.17) is 23.9 Å². The lowest BCUT2D eigenvalue weighted by atomic mass is 10.1. The van der Waals surface area contributed by atoms with Gasteiger partial charge in [-0.3, -0.25) is 4.79 Å². The topological polar surface area (TPSA) is 96.7 Å². The van der Waals surface area contributed by atoms with Crippen LogP contribution in [-0.4, -0.2) is 67.4 Å². The molecule has 0 unspecified atom stereocenters. The van der Waals surface area contributed by atoms with Gasteiger partial charge in [0, 0.05) is 25.3 Å². The standard InChI is InChI=1S/C23H28N4O5/c1-15(2)27-22-18(14-25-27)17(23(28)24-6-7-30-9-8-29-3)13-19(26-22)16-4-5-20-21(12-16)32-11-10-31-20/h4-5,12-15H,6-11H2,1-3H3,(H,24,28). The zero-order chi connectivity index (χ0) is 22.5. The minimum Gasteiger partial charge on any atom is -0.486 e. The molecule has 170 valence electrons. The lowest BCUT2D eigenvalue weighted by Gasteiger charge is -2.19. The molecule has 1 N–H and O–H groups in total. The van der Waals surface area contributed by atoms with E-state index < -0.39 is 0 Å². The first-order chi connectivity index (χ1) is 15.6. The highest BCUT2D eigenvalue weighted by Gasteiger charge is 2.20. The molecule has 32 heavy (non-hydrogen) atoms. The number of methoxy groups -OCH3 is 1. The normalized spacial score (nSPS) is 13.0. The summed E-state index contributed by atoms with van der Waals surface area (Å²) in [7, 11) is 1.62. The van der Waals surface area contributed by atoms with Crippen LogP contribution < -0.4 is 14.8 Å². The van der Waals surface area contributed by atoms with Crippen molar-refractivity contribution in [2.45, 2.75) is 19.9 Å². The molecular formula is C23H28N4O5. The third kappa shape index (κ3) is 4.68. The molecule has 0 saturated heterocycles. The number of ether oxygens (including phenoxy) is 4. The number of carbonyl (C=O) groups is 1. The van der Waals surface area contributed by atoms with Crippen LogP contribution in [0.25, 0.3) is 22.3 Å². The van der Waals surface area contributed by atoms with Gasteiger partial charge in [0.15, 0.2) is 17.1 Å². The molecule has 1 amide bonds. The third-order valence-electron chi connectivity index (χ3n) is 5.10. The van der Waals surface area contributed by atoms with Crippen LogP contribution >= 0.6 is 0 Å². The van der Waals surface area contributed by atoms with E-state index in [0.717, 1.165) is 5.56 Å². The Morgan fingerprint density at radius 2 is 1.97 bits per heavy atom. The largest absolute Gasteiger partial charge is 0.486 e. The SMILES string of the molecule is COCCOCCNC(=O)c1cc(-c2ccc3c(c2)OCCO3)nc2c1cnn2C(C)C. The number of benzene rings is 1. The summed E-state index contributed by atoms with van der Waals surface area (Å²) in [5.41, 5.74) is 2.68. The van der Waals surface area contributed by atoms with Crippen molar-refractivity contribution in [1.82, 2.24) is 20.1 Å². The Morgan fingerprint density at radius 3 is 2.75 bits per heavy atom. The van der Waals surface area contributed by atoms with E-state index in [2.05, 4.69) is 10.4 Å². The van der Waals surface area contributed by atoms with Crippen molar-refractivity contribution in [2.24, 2.45) is 0 Å². The Labute approximate surface area is 186 Å². The molecule has 3 heterocycles. The summed E-state index contributed by atoms with van der Waals surface area (Å²) in [6.07, 6.45) is 1.69. The number of nitrogens with zero attached hydrogens (tertiary/aromatic N) is 3. The zero-order valence-electron chi connectivity index (χ0n) is 18.6. The third-order valence-corrected chi connectivity index (χ3v) is 5.10. The molecule has 1 aliphatic rings. The van der Waals surface area contributed by atoms with E-state index >= 15 is 0 Å². The molecule has 0 radical (unpaired) electrons. The zero-order valence-corrected chi connectivity index (χ0v) is 18.6. The second-order valence-electron chi connectivity index (χ2n) is 7.69. The van der Waals surface area contributed by atoms with Crippen LogP contribution in [0, 0.1) is 0 Å². The maximum Gasteiger partial charge on any atom is 0.252 e. The fourth-order valence-electron chi connectivity index (χ4n) is 3.51. The van der Waals surface area contributed by atoms with Crippen molar-refractivity contribution in [3.05, 3.63) is 36.0 Å². The van der Waals surface area contributed by atoms with Crippen LogP contribution in [0.4, 0.5) is 0 Å². The number of amides is 1. The fraction of sp³-hybridized carbons (Fsp3) is 0.435. The number of carbonyl (C=O) groups excluding carboxylic acids is 1. The maximum absolute atomic E-state index is 13.0. The van der Waals surface area contributed by atoms with Crippen LogP contribution in [0.1, 0.15) is 30.2 Å². The van der Waals surface area contributed by atoms with Gasteiger partial charge in [0.2, 0.25) is 0 Å². The number of hydrogen-bond acceptors (Lipinski definition) is 7. The van der Waals surface area contributed by atoms with Crippen molar-refractivity contribution in [3.63, 3.8) is 0 Å². The first kappa shape index (κ1) is 22.0. The molecule has 0 spiro atoms. The van der Waals surface area contributed by atoms with Gasteiger partial charge >= 0.3 is 0 Å². The Balaban J connectivity index is 1.65. The van der Waals surface area contributed by atoms with Crippen LogP contribution in [0.5, 0.6) is 11.5 Å². The summed E-state index contributed by atoms with van der Waals surface area (Å²) in [4.78, 5) is 17.9. The van der Waals surface area contributed by atoms with E-state index in [0.29, 0.717) is 73.4 Å². The summed E-state index contributed by atoms with van der Waals surface area (Å²) in [6, 6.07) is 7.57. The molecule has 9 heteroatoms. The van der Waals surface area contributed by atoms with Gasteiger partial charge in [0.1, 0.15) is 13.2 Å².